The highest BCUT2D eigenvalue weighted by Crippen LogP contribution is 2.19. The molecule has 0 aliphatic carbocycles. The topological polar surface area (TPSA) is 96.1 Å². The molecule has 3 N–H and O–H groups in total. The fourth-order valence-electron chi connectivity index (χ4n) is 2.59. The van der Waals surface area contributed by atoms with Crippen LogP contribution < -0.4 is 15.4 Å². The minimum atomic E-state index is -0.227. The summed E-state index contributed by atoms with van der Waals surface area (Å²) in [5.74, 6) is 0.142. The molecule has 7 nitrogen and oxygen atoms in total. The number of likely N-dealkylation sites (N-methyl/N-ethyl adjacent to an activating group) is 1. The maximum atomic E-state index is 12.5. The molecule has 0 unspecified atom stereocenters. The van der Waals surface area contributed by atoms with E-state index in [1.807, 2.05) is 37.3 Å². The Morgan fingerprint density at radius 1 is 1.19 bits per heavy atom. The van der Waals surface area contributed by atoms with Crippen molar-refractivity contribution in [3.05, 3.63) is 59.3 Å². The predicted octanol–water partition coefficient (Wildman–Crippen LogP) is 1.93. The average Bonchev–Trinajstić information content (AvgIpc) is 3.10. The first-order valence-electron chi connectivity index (χ1n) is 8.22. The van der Waals surface area contributed by atoms with Crippen LogP contribution in [-0.2, 0) is 11.3 Å². The number of H-pyrrole nitrogens is 1. The zero-order chi connectivity index (χ0) is 18.5. The smallest absolute Gasteiger partial charge is 0.270 e. The number of carbonyl (C=O) groups is 2. The fourth-order valence-corrected chi connectivity index (χ4v) is 2.59. The van der Waals surface area contributed by atoms with Gasteiger partial charge < -0.3 is 15.4 Å². The van der Waals surface area contributed by atoms with Gasteiger partial charge in [0.2, 0.25) is 0 Å². The number of aromatic amines is 1. The van der Waals surface area contributed by atoms with Gasteiger partial charge in [-0.25, -0.2) is 0 Å². The maximum Gasteiger partial charge on any atom is 0.270 e. The van der Waals surface area contributed by atoms with E-state index in [9.17, 15) is 9.59 Å². The second-order valence-corrected chi connectivity index (χ2v) is 5.86. The molecule has 0 aliphatic rings. The van der Waals surface area contributed by atoms with Crippen LogP contribution in [0.3, 0.4) is 0 Å². The number of fused-ring (bicyclic) bond motifs is 1. The van der Waals surface area contributed by atoms with Gasteiger partial charge in [-0.2, -0.15) is 5.10 Å². The summed E-state index contributed by atoms with van der Waals surface area (Å²) < 4.78 is 5.41. The van der Waals surface area contributed by atoms with Crippen LogP contribution in [-0.4, -0.2) is 35.7 Å². The number of carbonyl (C=O) groups excluding carboxylic acids is 2. The molecule has 7 heteroatoms. The standard InChI is InChI=1S/C19H20N4O3/c1-12-5-3-8-15-17(12)22-23-18(15)19(25)21-10-13-6-4-7-14(9-13)26-11-16(24)20-2/h3-9H,10-11H2,1-2H3,(H,20,24)(H,21,25)(H,22,23). The van der Waals surface area contributed by atoms with E-state index in [1.165, 1.54) is 0 Å². The van der Waals surface area contributed by atoms with E-state index >= 15 is 0 Å². The molecule has 3 aromatic rings. The third-order valence-electron chi connectivity index (χ3n) is 4.01. The van der Waals surface area contributed by atoms with E-state index in [2.05, 4.69) is 20.8 Å². The van der Waals surface area contributed by atoms with Crippen LogP contribution in [0.5, 0.6) is 5.75 Å². The van der Waals surface area contributed by atoms with Gasteiger partial charge in [-0.15, -0.1) is 0 Å². The van der Waals surface area contributed by atoms with Gasteiger partial charge in [0.15, 0.2) is 6.61 Å². The lowest BCUT2D eigenvalue weighted by molar-refractivity contribution is -0.122. The fraction of sp³-hybridized carbons (Fsp3) is 0.211. The van der Waals surface area contributed by atoms with Gasteiger partial charge in [0.1, 0.15) is 11.4 Å². The third kappa shape index (κ3) is 3.83. The molecule has 0 saturated heterocycles. The Labute approximate surface area is 150 Å². The van der Waals surface area contributed by atoms with E-state index in [0.29, 0.717) is 18.0 Å². The number of hydrogen-bond acceptors (Lipinski definition) is 4. The molecular formula is C19H20N4O3. The van der Waals surface area contributed by atoms with Gasteiger partial charge in [0.05, 0.1) is 5.52 Å². The van der Waals surface area contributed by atoms with E-state index in [4.69, 9.17) is 4.74 Å². The molecule has 0 atom stereocenters. The number of amides is 2. The largest absolute Gasteiger partial charge is 0.484 e. The van der Waals surface area contributed by atoms with E-state index in [1.54, 1.807) is 19.2 Å². The zero-order valence-corrected chi connectivity index (χ0v) is 14.6. The second kappa shape index (κ2) is 7.69. The van der Waals surface area contributed by atoms with Gasteiger partial charge in [-0.3, -0.25) is 14.7 Å². The number of rotatable bonds is 6. The van der Waals surface area contributed by atoms with Crippen LogP contribution >= 0.6 is 0 Å². The minimum Gasteiger partial charge on any atom is -0.484 e. The minimum absolute atomic E-state index is 0.0498. The molecule has 2 aromatic carbocycles. The Balaban J connectivity index is 1.66. The van der Waals surface area contributed by atoms with Crippen molar-refractivity contribution >= 4 is 22.7 Å². The lowest BCUT2D eigenvalue weighted by Gasteiger charge is -2.08. The number of aromatic nitrogens is 2. The molecular weight excluding hydrogens is 332 g/mol. The molecule has 0 aliphatic heterocycles. The first-order chi connectivity index (χ1) is 12.6. The van der Waals surface area contributed by atoms with Crippen LogP contribution in [0, 0.1) is 6.92 Å². The summed E-state index contributed by atoms with van der Waals surface area (Å²) in [5, 5.41) is 13.2. The summed E-state index contributed by atoms with van der Waals surface area (Å²) in [5.41, 5.74) is 3.12. The Hall–Kier alpha value is -3.35. The summed E-state index contributed by atoms with van der Waals surface area (Å²) in [6.07, 6.45) is 0. The maximum absolute atomic E-state index is 12.5. The van der Waals surface area contributed by atoms with Gasteiger partial charge in [0.25, 0.3) is 11.8 Å². The Bertz CT molecular complexity index is 949. The highest BCUT2D eigenvalue weighted by Gasteiger charge is 2.14. The van der Waals surface area contributed by atoms with Crippen LogP contribution in [0.4, 0.5) is 0 Å². The molecule has 2 amide bonds. The van der Waals surface area contributed by atoms with Crippen LogP contribution in [0.15, 0.2) is 42.5 Å². The summed E-state index contributed by atoms with van der Waals surface area (Å²) >= 11 is 0. The van der Waals surface area contributed by atoms with Crippen molar-refractivity contribution in [3.63, 3.8) is 0 Å². The van der Waals surface area contributed by atoms with Gasteiger partial charge in [-0.1, -0.05) is 30.3 Å². The average molecular weight is 352 g/mol. The lowest BCUT2D eigenvalue weighted by Crippen LogP contribution is -2.25. The first-order valence-corrected chi connectivity index (χ1v) is 8.22. The van der Waals surface area contributed by atoms with Crippen LogP contribution in [0.1, 0.15) is 21.6 Å². The highest BCUT2D eigenvalue weighted by molar-refractivity contribution is 6.05. The molecule has 1 heterocycles. The van der Waals surface area contributed by atoms with Crippen molar-refractivity contribution in [3.8, 4) is 5.75 Å². The van der Waals surface area contributed by atoms with E-state index in [0.717, 1.165) is 22.0 Å². The number of benzene rings is 2. The quantitative estimate of drug-likeness (QED) is 0.631. The Morgan fingerprint density at radius 3 is 2.81 bits per heavy atom. The Kier molecular flexibility index (Phi) is 5.17. The molecule has 3 rings (SSSR count). The Morgan fingerprint density at radius 2 is 2.00 bits per heavy atom. The number of ether oxygens (including phenoxy) is 1. The van der Waals surface area contributed by atoms with Crippen LogP contribution in [0.2, 0.25) is 0 Å². The molecule has 0 radical (unpaired) electrons. The molecule has 0 fully saturated rings. The van der Waals surface area contributed by atoms with Crippen molar-refractivity contribution in [2.45, 2.75) is 13.5 Å². The lowest BCUT2D eigenvalue weighted by atomic mass is 10.1. The van der Waals surface area contributed by atoms with Gasteiger partial charge >= 0.3 is 0 Å². The third-order valence-corrected chi connectivity index (χ3v) is 4.01. The SMILES string of the molecule is CNC(=O)COc1cccc(CNC(=O)c2[nH]nc3c(C)cccc23)c1. The van der Waals surface area contributed by atoms with Crippen molar-refractivity contribution in [1.29, 1.82) is 0 Å². The highest BCUT2D eigenvalue weighted by atomic mass is 16.5. The second-order valence-electron chi connectivity index (χ2n) is 5.86. The van der Waals surface area contributed by atoms with Crippen molar-refractivity contribution < 1.29 is 14.3 Å². The summed E-state index contributed by atoms with van der Waals surface area (Å²) in [7, 11) is 1.55. The summed E-state index contributed by atoms with van der Waals surface area (Å²) in [6, 6.07) is 13.0. The predicted molar refractivity (Wildman–Crippen MR) is 98.0 cm³/mol. The number of aryl methyl sites for hydroxylation is 1. The number of nitrogens with one attached hydrogen (secondary N) is 3. The van der Waals surface area contributed by atoms with Gasteiger partial charge in [-0.05, 0) is 30.2 Å². The van der Waals surface area contributed by atoms with Crippen molar-refractivity contribution in [2.75, 3.05) is 13.7 Å². The summed E-state index contributed by atoms with van der Waals surface area (Å²) in [4.78, 5) is 23.7. The normalized spacial score (nSPS) is 10.5. The summed E-state index contributed by atoms with van der Waals surface area (Å²) in [6.45, 7) is 2.24. The molecule has 0 bridgehead atoms. The zero-order valence-electron chi connectivity index (χ0n) is 14.6. The van der Waals surface area contributed by atoms with Crippen molar-refractivity contribution in [1.82, 2.24) is 20.8 Å². The molecule has 0 spiro atoms. The van der Waals surface area contributed by atoms with Gasteiger partial charge in [0, 0.05) is 19.0 Å². The number of para-hydroxylation sites is 1. The first kappa shape index (κ1) is 17.5. The number of hydrogen-bond donors (Lipinski definition) is 3. The number of nitrogens with zero attached hydrogens (tertiary/aromatic N) is 1. The molecule has 26 heavy (non-hydrogen) atoms. The molecule has 0 saturated carbocycles. The van der Waals surface area contributed by atoms with E-state index < -0.39 is 0 Å². The van der Waals surface area contributed by atoms with Crippen molar-refractivity contribution in [2.24, 2.45) is 0 Å². The molecule has 1 aromatic heterocycles. The van der Waals surface area contributed by atoms with E-state index in [-0.39, 0.29) is 18.4 Å². The van der Waals surface area contributed by atoms with Crippen LogP contribution in [0.25, 0.3) is 10.9 Å². The monoisotopic (exact) mass is 352 g/mol. The molecule has 134 valence electrons.